The summed E-state index contributed by atoms with van der Waals surface area (Å²) >= 11 is 5.96. The molecule has 0 heterocycles. The molecule has 1 aromatic rings. The largest absolute Gasteiger partial charge is 0.299 e. The lowest BCUT2D eigenvalue weighted by atomic mass is 9.70. The summed E-state index contributed by atoms with van der Waals surface area (Å²) in [6, 6.07) is 5.10. The molecule has 23 heavy (non-hydrogen) atoms. The highest BCUT2D eigenvalue weighted by atomic mass is 35.5. The maximum absolute atomic E-state index is 12.7. The van der Waals surface area contributed by atoms with Crippen molar-refractivity contribution in [1.29, 1.82) is 0 Å². The minimum absolute atomic E-state index is 0.104. The van der Waals surface area contributed by atoms with Crippen molar-refractivity contribution in [3.63, 3.8) is 0 Å². The molecule has 2 saturated carbocycles. The van der Waals surface area contributed by atoms with Gasteiger partial charge >= 0.3 is 0 Å². The molecule has 0 spiro atoms. The van der Waals surface area contributed by atoms with Crippen LogP contribution in [0.5, 0.6) is 0 Å². The zero-order valence-corrected chi connectivity index (χ0v) is 15.2. The van der Waals surface area contributed by atoms with Gasteiger partial charge in [0.05, 0.1) is 16.9 Å². The molecule has 6 heteroatoms. The molecule has 2 aliphatic rings. The Hall–Kier alpha value is -1.07. The molecule has 2 fully saturated rings. The lowest BCUT2D eigenvalue weighted by molar-refractivity contribution is -0.128. The van der Waals surface area contributed by atoms with Gasteiger partial charge in [0.25, 0.3) is 0 Å². The fraction of sp³-hybridized carbons (Fsp3) is 0.588. The van der Waals surface area contributed by atoms with Crippen molar-refractivity contribution >= 4 is 33.1 Å². The zero-order valence-electron chi connectivity index (χ0n) is 13.6. The van der Waals surface area contributed by atoms with Crippen LogP contribution in [0.3, 0.4) is 0 Å². The third-order valence-corrected chi connectivity index (χ3v) is 7.68. The summed E-state index contributed by atoms with van der Waals surface area (Å²) in [5, 5.41) is 0.477. The van der Waals surface area contributed by atoms with E-state index in [1.54, 1.807) is 18.2 Å². The minimum Gasteiger partial charge on any atom is -0.299 e. The molecule has 0 aromatic heterocycles. The number of hydrogen-bond acceptors (Lipinski definition) is 3. The number of anilines is 1. The number of benzene rings is 1. The second-order valence-corrected chi connectivity index (χ2v) is 9.65. The third-order valence-electron chi connectivity index (χ3n) is 6.04. The van der Waals surface area contributed by atoms with Crippen molar-refractivity contribution in [2.75, 3.05) is 10.5 Å². The van der Waals surface area contributed by atoms with Crippen molar-refractivity contribution in [1.82, 2.24) is 0 Å². The van der Waals surface area contributed by atoms with Crippen molar-refractivity contribution in [2.45, 2.75) is 40.0 Å². The van der Waals surface area contributed by atoms with Gasteiger partial charge in [-0.2, -0.15) is 0 Å². The van der Waals surface area contributed by atoms with Crippen LogP contribution in [-0.4, -0.2) is 20.0 Å². The van der Waals surface area contributed by atoms with Gasteiger partial charge in [0.1, 0.15) is 5.78 Å². The van der Waals surface area contributed by atoms with E-state index in [0.29, 0.717) is 29.5 Å². The summed E-state index contributed by atoms with van der Waals surface area (Å²) in [5.41, 5.74) is 0.265. The van der Waals surface area contributed by atoms with E-state index in [4.69, 9.17) is 11.6 Å². The highest BCUT2D eigenvalue weighted by molar-refractivity contribution is 7.92. The maximum Gasteiger partial charge on any atom is 0.233 e. The van der Waals surface area contributed by atoms with Gasteiger partial charge < -0.3 is 0 Å². The molecule has 2 aliphatic carbocycles. The molecule has 2 atom stereocenters. The summed E-state index contributed by atoms with van der Waals surface area (Å²) in [5.74, 6) is 0.263. The van der Waals surface area contributed by atoms with E-state index < -0.39 is 15.4 Å². The van der Waals surface area contributed by atoms with Gasteiger partial charge in [-0.1, -0.05) is 31.5 Å². The van der Waals surface area contributed by atoms with E-state index in [1.807, 2.05) is 20.8 Å². The van der Waals surface area contributed by atoms with Crippen LogP contribution >= 0.6 is 11.6 Å². The second kappa shape index (κ2) is 5.21. The van der Waals surface area contributed by atoms with E-state index in [0.717, 1.165) is 12.0 Å². The molecule has 0 radical (unpaired) electrons. The molecule has 1 aromatic carbocycles. The molecular weight excluding hydrogens is 334 g/mol. The highest BCUT2D eigenvalue weighted by Crippen LogP contribution is 2.64. The molecule has 1 N–H and O–H groups in total. The summed E-state index contributed by atoms with van der Waals surface area (Å²) < 4.78 is 28.1. The number of carbonyl (C=O) groups is 1. The Balaban J connectivity index is 1.90. The Morgan fingerprint density at radius 2 is 2.04 bits per heavy atom. The zero-order chi connectivity index (χ0) is 17.0. The number of fused-ring (bicyclic) bond motifs is 2. The van der Waals surface area contributed by atoms with Gasteiger partial charge in [0.15, 0.2) is 0 Å². The predicted octanol–water partition coefficient (Wildman–Crippen LogP) is 3.79. The first-order valence-corrected chi connectivity index (χ1v) is 9.90. The number of hydrogen-bond donors (Lipinski definition) is 1. The standard InChI is InChI=1S/C17H22ClNO3S/c1-11-4-5-13(18)9-14(11)19-23(21,22)10-17-7-6-12(8-15(17)20)16(17,2)3/h4-5,9,12,19H,6-8,10H2,1-3H3/t12-,17-/m0/s1. The van der Waals surface area contributed by atoms with Crippen LogP contribution in [0.2, 0.25) is 5.02 Å². The van der Waals surface area contributed by atoms with Crippen molar-refractivity contribution in [3.8, 4) is 0 Å². The Morgan fingerprint density at radius 1 is 1.35 bits per heavy atom. The number of rotatable bonds is 4. The van der Waals surface area contributed by atoms with Crippen molar-refractivity contribution < 1.29 is 13.2 Å². The van der Waals surface area contributed by atoms with Crippen LogP contribution in [0.4, 0.5) is 5.69 Å². The first-order chi connectivity index (χ1) is 10.6. The second-order valence-electron chi connectivity index (χ2n) is 7.49. The Kier molecular flexibility index (Phi) is 3.80. The topological polar surface area (TPSA) is 63.2 Å². The molecule has 3 rings (SSSR count). The van der Waals surface area contributed by atoms with Gasteiger partial charge in [-0.05, 0) is 48.8 Å². The normalized spacial score (nSPS) is 29.0. The maximum atomic E-state index is 12.7. The number of carbonyl (C=O) groups excluding carboxylic acids is 1. The van der Waals surface area contributed by atoms with Crippen LogP contribution in [-0.2, 0) is 14.8 Å². The number of halogens is 1. The molecule has 0 unspecified atom stereocenters. The SMILES string of the molecule is Cc1ccc(Cl)cc1NS(=O)(=O)C[C@@]12CC[C@@H](CC1=O)C2(C)C. The van der Waals surface area contributed by atoms with Crippen LogP contribution in [0.15, 0.2) is 18.2 Å². The predicted molar refractivity (Wildman–Crippen MR) is 92.2 cm³/mol. The lowest BCUT2D eigenvalue weighted by Gasteiger charge is -2.36. The Morgan fingerprint density at radius 3 is 2.61 bits per heavy atom. The molecular formula is C17H22ClNO3S. The van der Waals surface area contributed by atoms with Gasteiger partial charge in [-0.25, -0.2) is 8.42 Å². The smallest absolute Gasteiger partial charge is 0.233 e. The summed E-state index contributed by atoms with van der Waals surface area (Å²) in [4.78, 5) is 12.5. The first-order valence-electron chi connectivity index (χ1n) is 7.87. The monoisotopic (exact) mass is 355 g/mol. The lowest BCUT2D eigenvalue weighted by Crippen LogP contribution is -2.43. The van der Waals surface area contributed by atoms with Crippen molar-refractivity contribution in [3.05, 3.63) is 28.8 Å². The molecule has 0 aliphatic heterocycles. The van der Waals surface area contributed by atoms with E-state index >= 15 is 0 Å². The highest BCUT2D eigenvalue weighted by Gasteiger charge is 2.65. The van der Waals surface area contributed by atoms with E-state index in [2.05, 4.69) is 4.72 Å². The van der Waals surface area contributed by atoms with Gasteiger partial charge in [-0.15, -0.1) is 0 Å². The van der Waals surface area contributed by atoms with Crippen LogP contribution in [0, 0.1) is 23.7 Å². The Bertz CT molecular complexity index is 772. The molecule has 0 amide bonds. The number of ketones is 1. The van der Waals surface area contributed by atoms with E-state index in [9.17, 15) is 13.2 Å². The minimum atomic E-state index is -3.63. The third kappa shape index (κ3) is 2.58. The quantitative estimate of drug-likeness (QED) is 0.893. The van der Waals surface area contributed by atoms with E-state index in [-0.39, 0.29) is 17.0 Å². The first kappa shape index (κ1) is 16.8. The van der Waals surface area contributed by atoms with Crippen LogP contribution in [0.1, 0.15) is 38.7 Å². The number of aryl methyl sites for hydroxylation is 1. The molecule has 0 saturated heterocycles. The molecule has 126 valence electrons. The van der Waals surface area contributed by atoms with E-state index in [1.165, 1.54) is 0 Å². The summed E-state index contributed by atoms with van der Waals surface area (Å²) in [6.45, 7) is 5.90. The van der Waals surface area contributed by atoms with Crippen LogP contribution < -0.4 is 4.72 Å². The summed E-state index contributed by atoms with van der Waals surface area (Å²) in [6.07, 6.45) is 2.11. The fourth-order valence-corrected chi connectivity index (χ4v) is 6.47. The van der Waals surface area contributed by atoms with Gasteiger partial charge in [0.2, 0.25) is 10.0 Å². The van der Waals surface area contributed by atoms with Gasteiger partial charge in [0, 0.05) is 11.4 Å². The van der Waals surface area contributed by atoms with Gasteiger partial charge in [-0.3, -0.25) is 9.52 Å². The fourth-order valence-electron chi connectivity index (χ4n) is 4.34. The Labute approximate surface area is 142 Å². The average molecular weight is 356 g/mol. The van der Waals surface area contributed by atoms with Crippen molar-refractivity contribution in [2.24, 2.45) is 16.7 Å². The summed E-state index contributed by atoms with van der Waals surface area (Å²) in [7, 11) is -3.63. The number of sulfonamides is 1. The number of Topliss-reactive ketones (excluding diaryl/α,β-unsaturated/α-hetero) is 1. The average Bonchev–Trinajstić information content (AvgIpc) is 2.76. The number of nitrogens with one attached hydrogen (secondary N) is 1. The van der Waals surface area contributed by atoms with Crippen LogP contribution in [0.25, 0.3) is 0 Å². The molecule has 2 bridgehead atoms. The molecule has 4 nitrogen and oxygen atoms in total.